The molecule has 1 fully saturated rings. The Balaban J connectivity index is 1.60. The van der Waals surface area contributed by atoms with Crippen LogP contribution in [0.25, 0.3) is 17.3 Å². The van der Waals surface area contributed by atoms with E-state index in [1.54, 1.807) is 37.4 Å². The molecule has 1 aliphatic rings. The largest absolute Gasteiger partial charge is 0.494 e. The average molecular weight is 531 g/mol. The Labute approximate surface area is 211 Å². The van der Waals surface area contributed by atoms with Gasteiger partial charge in [0, 0.05) is 7.05 Å². The van der Waals surface area contributed by atoms with Crippen LogP contribution in [-0.4, -0.2) is 71.3 Å². The number of ether oxygens (including phenoxy) is 2. The molecule has 1 aliphatic heterocycles. The number of aromatic nitrogens is 5. The number of hydrogen-bond acceptors (Lipinski definition) is 11. The van der Waals surface area contributed by atoms with Gasteiger partial charge in [-0.05, 0) is 24.3 Å². The summed E-state index contributed by atoms with van der Waals surface area (Å²) in [7, 11) is 0.600. The van der Waals surface area contributed by atoms with Gasteiger partial charge in [0.05, 0.1) is 39.5 Å². The van der Waals surface area contributed by atoms with Crippen molar-refractivity contribution in [2.45, 2.75) is 17.0 Å². The molecule has 0 bridgehead atoms. The summed E-state index contributed by atoms with van der Waals surface area (Å²) in [5.74, 6) is 0.526. The van der Waals surface area contributed by atoms with Crippen LogP contribution in [0.2, 0.25) is 0 Å². The monoisotopic (exact) mass is 530 g/mol. The first-order chi connectivity index (χ1) is 17.8. The standard InChI is InChI=1S/C23H23FN6O6S/c1-29-21(22-25-10-14(24)11-26-22)18(12-36-29)37(31,32)13-19-27-28-23(17-8-5-9-35-17)30(19)20-15(33-2)6-4-7-16(20)34-3/h4-11,18,21H,12-13H2,1-3H3/t18-,21-/m1/s1. The first kappa shape index (κ1) is 24.8. The van der Waals surface area contributed by atoms with E-state index in [2.05, 4.69) is 20.2 Å². The van der Waals surface area contributed by atoms with Gasteiger partial charge in [0.15, 0.2) is 27.2 Å². The summed E-state index contributed by atoms with van der Waals surface area (Å²) in [6.07, 6.45) is 3.44. The minimum absolute atomic E-state index is 0.0996. The highest BCUT2D eigenvalue weighted by Gasteiger charge is 2.45. The Morgan fingerprint density at radius 2 is 1.78 bits per heavy atom. The average Bonchev–Trinajstić information content (AvgIpc) is 3.64. The molecule has 194 valence electrons. The Kier molecular flexibility index (Phi) is 6.62. The molecule has 0 saturated carbocycles. The van der Waals surface area contributed by atoms with Crippen LogP contribution in [0.5, 0.6) is 11.5 Å². The summed E-state index contributed by atoms with van der Waals surface area (Å²) < 4.78 is 59.2. The lowest BCUT2D eigenvalue weighted by Crippen LogP contribution is -2.33. The van der Waals surface area contributed by atoms with Gasteiger partial charge in [-0.2, -0.15) is 5.06 Å². The van der Waals surface area contributed by atoms with E-state index >= 15 is 0 Å². The zero-order valence-electron chi connectivity index (χ0n) is 20.1. The van der Waals surface area contributed by atoms with Crippen molar-refractivity contribution in [3.63, 3.8) is 0 Å². The van der Waals surface area contributed by atoms with Crippen molar-refractivity contribution >= 4 is 9.84 Å². The molecule has 0 aliphatic carbocycles. The van der Waals surface area contributed by atoms with Gasteiger partial charge in [0.25, 0.3) is 0 Å². The fourth-order valence-corrected chi connectivity index (χ4v) is 5.96. The fraction of sp³-hybridized carbons (Fsp3) is 0.304. The second-order valence-electron chi connectivity index (χ2n) is 8.16. The van der Waals surface area contributed by atoms with Crippen LogP contribution in [0.4, 0.5) is 4.39 Å². The van der Waals surface area contributed by atoms with Crippen molar-refractivity contribution in [2.75, 3.05) is 27.9 Å². The zero-order valence-corrected chi connectivity index (χ0v) is 20.9. The van der Waals surface area contributed by atoms with Crippen LogP contribution < -0.4 is 9.47 Å². The number of benzene rings is 1. The fourth-order valence-electron chi connectivity index (χ4n) is 4.25. The molecule has 3 aromatic heterocycles. The summed E-state index contributed by atoms with van der Waals surface area (Å²) in [4.78, 5) is 13.5. The molecular formula is C23H23FN6O6S. The lowest BCUT2D eigenvalue weighted by Gasteiger charge is -2.21. The number of halogens is 1. The predicted molar refractivity (Wildman–Crippen MR) is 127 cm³/mol. The molecule has 12 nitrogen and oxygen atoms in total. The van der Waals surface area contributed by atoms with Gasteiger partial charge in [-0.1, -0.05) is 6.07 Å². The normalized spacial score (nSPS) is 18.3. The van der Waals surface area contributed by atoms with Crippen LogP contribution in [0.3, 0.4) is 0 Å². The molecule has 1 saturated heterocycles. The Morgan fingerprint density at radius 3 is 2.41 bits per heavy atom. The predicted octanol–water partition coefficient (Wildman–Crippen LogP) is 2.38. The number of nitrogens with zero attached hydrogens (tertiary/aromatic N) is 6. The summed E-state index contributed by atoms with van der Waals surface area (Å²) >= 11 is 0. The summed E-state index contributed by atoms with van der Waals surface area (Å²) in [5, 5.41) is 8.75. The third-order valence-electron chi connectivity index (χ3n) is 5.98. The Bertz CT molecular complexity index is 1470. The smallest absolute Gasteiger partial charge is 0.204 e. The van der Waals surface area contributed by atoms with E-state index < -0.39 is 32.7 Å². The minimum Gasteiger partial charge on any atom is -0.494 e. The van der Waals surface area contributed by atoms with Gasteiger partial charge < -0.3 is 13.9 Å². The van der Waals surface area contributed by atoms with Crippen molar-refractivity contribution in [3.05, 3.63) is 66.5 Å². The molecule has 14 heteroatoms. The van der Waals surface area contributed by atoms with Gasteiger partial charge in [0.2, 0.25) is 5.82 Å². The van der Waals surface area contributed by atoms with Crippen LogP contribution in [-0.2, 0) is 20.4 Å². The molecule has 2 atom stereocenters. The van der Waals surface area contributed by atoms with Crippen molar-refractivity contribution in [2.24, 2.45) is 0 Å². The lowest BCUT2D eigenvalue weighted by molar-refractivity contribution is -0.112. The number of hydrogen-bond donors (Lipinski definition) is 0. The summed E-state index contributed by atoms with van der Waals surface area (Å²) in [6, 6.07) is 7.68. The lowest BCUT2D eigenvalue weighted by atomic mass is 10.2. The molecule has 4 heterocycles. The van der Waals surface area contributed by atoms with Crippen LogP contribution in [0.1, 0.15) is 17.7 Å². The number of rotatable bonds is 8. The molecule has 0 radical (unpaired) electrons. The number of methoxy groups -OCH3 is 2. The van der Waals surface area contributed by atoms with E-state index in [0.717, 1.165) is 12.4 Å². The maximum atomic E-state index is 13.8. The van der Waals surface area contributed by atoms with Crippen LogP contribution in [0, 0.1) is 5.82 Å². The molecule has 37 heavy (non-hydrogen) atoms. The second-order valence-corrected chi connectivity index (χ2v) is 10.4. The van der Waals surface area contributed by atoms with E-state index in [1.165, 1.54) is 30.1 Å². The van der Waals surface area contributed by atoms with Crippen LogP contribution >= 0.6 is 0 Å². The van der Waals surface area contributed by atoms with Gasteiger partial charge >= 0.3 is 0 Å². The first-order valence-corrected chi connectivity index (χ1v) is 12.8. The van der Waals surface area contributed by atoms with E-state index in [-0.39, 0.29) is 24.1 Å². The maximum absolute atomic E-state index is 13.8. The van der Waals surface area contributed by atoms with Gasteiger partial charge in [-0.3, -0.25) is 9.40 Å². The topological polar surface area (TPSA) is 135 Å². The maximum Gasteiger partial charge on any atom is 0.204 e. The molecule has 0 amide bonds. The molecule has 4 aromatic rings. The van der Waals surface area contributed by atoms with Crippen LogP contribution in [0.15, 0.2) is 53.4 Å². The van der Waals surface area contributed by atoms with E-state index in [9.17, 15) is 12.8 Å². The molecule has 0 N–H and O–H groups in total. The van der Waals surface area contributed by atoms with Crippen molar-refractivity contribution in [3.8, 4) is 28.8 Å². The molecule has 5 rings (SSSR count). The Morgan fingerprint density at radius 1 is 1.08 bits per heavy atom. The molecule has 0 spiro atoms. The third kappa shape index (κ3) is 4.54. The highest BCUT2D eigenvalue weighted by molar-refractivity contribution is 7.91. The zero-order chi connectivity index (χ0) is 26.2. The Hall–Kier alpha value is -3.88. The highest BCUT2D eigenvalue weighted by Crippen LogP contribution is 2.38. The molecule has 0 unspecified atom stereocenters. The first-order valence-electron chi connectivity index (χ1n) is 11.1. The number of furan rings is 1. The highest BCUT2D eigenvalue weighted by atomic mass is 32.2. The van der Waals surface area contributed by atoms with E-state index in [4.69, 9.17) is 18.7 Å². The number of para-hydroxylation sites is 1. The minimum atomic E-state index is -3.95. The molecular weight excluding hydrogens is 507 g/mol. The van der Waals surface area contributed by atoms with Gasteiger partial charge in [-0.25, -0.2) is 22.8 Å². The third-order valence-corrected chi connectivity index (χ3v) is 7.96. The van der Waals surface area contributed by atoms with E-state index in [1.807, 2.05) is 0 Å². The quantitative estimate of drug-likeness (QED) is 0.332. The number of hydroxylamine groups is 2. The summed E-state index contributed by atoms with van der Waals surface area (Å²) in [5.41, 5.74) is 0.410. The van der Waals surface area contributed by atoms with Crippen molar-refractivity contribution in [1.82, 2.24) is 29.8 Å². The van der Waals surface area contributed by atoms with Crippen molar-refractivity contribution < 1.29 is 31.5 Å². The molecule has 1 aromatic carbocycles. The number of sulfone groups is 1. The van der Waals surface area contributed by atoms with E-state index in [0.29, 0.717) is 22.9 Å². The SMILES string of the molecule is COc1cccc(OC)c1-n1c(CS(=O)(=O)[C@@H]2CON(C)[C@H]2c2ncc(F)cn2)nnc1-c1ccco1. The summed E-state index contributed by atoms with van der Waals surface area (Å²) in [6.45, 7) is -0.138. The van der Waals surface area contributed by atoms with Crippen molar-refractivity contribution in [1.29, 1.82) is 0 Å². The second kappa shape index (κ2) is 9.88. The van der Waals surface area contributed by atoms with Gasteiger partial charge in [-0.15, -0.1) is 10.2 Å². The van der Waals surface area contributed by atoms with Gasteiger partial charge in [0.1, 0.15) is 40.1 Å².